The van der Waals surface area contributed by atoms with Crippen molar-refractivity contribution in [3.63, 3.8) is 0 Å². The van der Waals surface area contributed by atoms with Crippen LogP contribution in [0, 0.1) is 53.3 Å². The Balaban J connectivity index is 1.12. The van der Waals surface area contributed by atoms with E-state index in [0.717, 1.165) is 51.6 Å². The number of nitrogens with one attached hydrogen (secondary N) is 4. The van der Waals surface area contributed by atoms with Gasteiger partial charge >= 0.3 is 19.8 Å². The number of carbonyl (C=O) groups is 2. The number of aliphatic hydroxyl groups excluding tert-OH is 1. The van der Waals surface area contributed by atoms with Crippen molar-refractivity contribution in [1.82, 2.24) is 21.3 Å². The molecule has 21 unspecified atom stereocenters. The van der Waals surface area contributed by atoms with E-state index in [1.54, 1.807) is 0 Å². The first kappa shape index (κ1) is 68.9. The van der Waals surface area contributed by atoms with Crippen LogP contribution in [0.5, 0.6) is 0 Å². The normalized spacial score (nSPS) is 35.3. The Labute approximate surface area is 493 Å². The van der Waals surface area contributed by atoms with E-state index < -0.39 is 32.6 Å². The van der Waals surface area contributed by atoms with Crippen LogP contribution in [0.1, 0.15) is 229 Å². The number of ether oxygens (including phenoxy) is 3. The highest BCUT2D eigenvalue weighted by atomic mass is 31.2. The number of hydrogen-bond donors (Lipinski definition) is 6. The van der Waals surface area contributed by atoms with Gasteiger partial charge in [0.15, 0.2) is 6.10 Å². The Bertz CT molecular complexity index is 1860. The molecular formula is C65H123N5O10P+. The highest BCUT2D eigenvalue weighted by Crippen LogP contribution is 2.51. The van der Waals surface area contributed by atoms with Crippen LogP contribution < -0.4 is 21.3 Å². The van der Waals surface area contributed by atoms with Gasteiger partial charge in [-0.3, -0.25) is 18.6 Å². The molecular weight excluding hydrogens is 1040 g/mol. The van der Waals surface area contributed by atoms with E-state index in [-0.39, 0.29) is 86.0 Å². The van der Waals surface area contributed by atoms with Crippen molar-refractivity contribution in [3.8, 4) is 0 Å². The first-order valence-electron chi connectivity index (χ1n) is 33.9. The molecule has 0 amide bonds. The number of aliphatic hydroxyl groups is 1. The molecule has 6 fully saturated rings. The predicted molar refractivity (Wildman–Crippen MR) is 326 cm³/mol. The molecule has 0 aromatic carbocycles. The van der Waals surface area contributed by atoms with Gasteiger partial charge in [-0.05, 0) is 93.3 Å². The molecule has 5 saturated heterocycles. The zero-order valence-corrected chi connectivity index (χ0v) is 54.1. The van der Waals surface area contributed by atoms with Gasteiger partial charge in [0.1, 0.15) is 19.8 Å². The fourth-order valence-corrected chi connectivity index (χ4v) is 17.1. The molecule has 1 saturated carbocycles. The van der Waals surface area contributed by atoms with E-state index in [1.807, 2.05) is 21.1 Å². The van der Waals surface area contributed by atoms with Crippen molar-refractivity contribution in [2.24, 2.45) is 53.3 Å². The molecule has 0 aromatic rings. The van der Waals surface area contributed by atoms with Crippen molar-refractivity contribution >= 4 is 19.8 Å². The number of phosphoric acid groups is 1. The molecule has 6 aliphatic rings. The fraction of sp³-hybridized carbons (Fsp3) is 0.969. The van der Waals surface area contributed by atoms with Gasteiger partial charge in [0, 0.05) is 79.6 Å². The van der Waals surface area contributed by atoms with Crippen molar-refractivity contribution in [1.29, 1.82) is 0 Å². The molecule has 0 radical (unpaired) electrons. The third-order valence-electron chi connectivity index (χ3n) is 21.3. The maximum absolute atomic E-state index is 14.2. The molecule has 1 aliphatic carbocycles. The molecule has 0 spiro atoms. The molecule has 8 bridgehead atoms. The van der Waals surface area contributed by atoms with Crippen LogP contribution >= 0.6 is 7.82 Å². The van der Waals surface area contributed by atoms with Crippen LogP contribution in [-0.4, -0.2) is 147 Å². The Hall–Kier alpha value is -1.23. The van der Waals surface area contributed by atoms with Gasteiger partial charge < -0.3 is 50.0 Å². The standard InChI is InChI=1S/C65H122N5O10P/c1-12-15-17-19-21-22-23-24-25-26-27-28-30-32-60(72)77-42-49(43-79-81(74,75)78-37-35-70(9,10)11)80-61(73)34-33-51-45(5)54-39-55-46(6)62(48(8)76-36-31-29-20-18-16-13-2)58(67-55)41-53-44(4)50(14-3)57(66-53)40-56-47(7)63-59(71)38-52(64(51)68-54)65(63)69-56/h44-59,62-69,71H,12-43H2,1-11H3/p+1. The summed E-state index contributed by atoms with van der Waals surface area (Å²) in [6, 6.07) is 2.17. The number of rotatable bonds is 37. The Kier molecular flexibility index (Phi) is 29.2. The topological polar surface area (TPSA) is 186 Å². The first-order valence-corrected chi connectivity index (χ1v) is 35.4. The van der Waals surface area contributed by atoms with Crippen molar-refractivity contribution in [2.45, 2.75) is 295 Å². The van der Waals surface area contributed by atoms with Crippen molar-refractivity contribution < 1.29 is 51.9 Å². The zero-order chi connectivity index (χ0) is 58.7. The average Bonchev–Trinajstić information content (AvgIpc) is 4.36. The van der Waals surface area contributed by atoms with Crippen LogP contribution in [0.4, 0.5) is 0 Å². The maximum Gasteiger partial charge on any atom is 0.472 e. The molecule has 81 heavy (non-hydrogen) atoms. The summed E-state index contributed by atoms with van der Waals surface area (Å²) in [5, 5.41) is 29.0. The van der Waals surface area contributed by atoms with Crippen molar-refractivity contribution in [2.75, 3.05) is 54.1 Å². The summed E-state index contributed by atoms with van der Waals surface area (Å²) < 4.78 is 43.0. The van der Waals surface area contributed by atoms with Crippen LogP contribution in [0.3, 0.4) is 0 Å². The molecule has 6 N–H and O–H groups in total. The van der Waals surface area contributed by atoms with Crippen LogP contribution in [0.25, 0.3) is 0 Å². The number of likely N-dealkylation sites (N-methyl/N-ethyl adjacent to an activating group) is 1. The number of esters is 2. The molecule has 0 aromatic heterocycles. The average molecular weight is 1170 g/mol. The highest BCUT2D eigenvalue weighted by Gasteiger charge is 2.59. The summed E-state index contributed by atoms with van der Waals surface area (Å²) in [5.41, 5.74) is 0. The Morgan fingerprint density at radius 1 is 0.580 bits per heavy atom. The lowest BCUT2D eigenvalue weighted by atomic mass is 9.76. The quantitative estimate of drug-likeness (QED) is 0.0149. The predicted octanol–water partition coefficient (Wildman–Crippen LogP) is 11.7. The monoisotopic (exact) mass is 1160 g/mol. The van der Waals surface area contributed by atoms with Crippen LogP contribution in [0.15, 0.2) is 0 Å². The van der Waals surface area contributed by atoms with Gasteiger partial charge in [0.05, 0.1) is 40.0 Å². The number of unbranched alkanes of at least 4 members (excludes halogenated alkanes) is 17. The van der Waals surface area contributed by atoms with Gasteiger partial charge in [-0.25, -0.2) is 4.57 Å². The van der Waals surface area contributed by atoms with Gasteiger partial charge in [-0.2, -0.15) is 0 Å². The lowest BCUT2D eigenvalue weighted by Gasteiger charge is -2.32. The number of nitrogens with zero attached hydrogens (tertiary/aromatic N) is 1. The second-order valence-electron chi connectivity index (χ2n) is 28.1. The second kappa shape index (κ2) is 34.3. The summed E-state index contributed by atoms with van der Waals surface area (Å²) in [6.07, 6.45) is 27.7. The third-order valence-corrected chi connectivity index (χ3v) is 22.2. The van der Waals surface area contributed by atoms with E-state index in [4.69, 9.17) is 23.3 Å². The molecule has 15 nitrogen and oxygen atoms in total. The van der Waals surface area contributed by atoms with E-state index in [2.05, 4.69) is 76.7 Å². The second-order valence-corrected chi connectivity index (χ2v) is 29.6. The summed E-state index contributed by atoms with van der Waals surface area (Å²) in [4.78, 5) is 38.0. The minimum atomic E-state index is -4.51. The molecule has 472 valence electrons. The maximum atomic E-state index is 14.2. The largest absolute Gasteiger partial charge is 0.472 e. The molecule has 6 rings (SSSR count). The third kappa shape index (κ3) is 21.0. The fourth-order valence-electron chi connectivity index (χ4n) is 16.4. The minimum Gasteiger partial charge on any atom is -0.462 e. The number of carbonyl (C=O) groups excluding carboxylic acids is 2. The van der Waals surface area contributed by atoms with Crippen LogP contribution in [-0.2, 0) is 37.4 Å². The van der Waals surface area contributed by atoms with Gasteiger partial charge in [0.25, 0.3) is 0 Å². The SMILES string of the molecule is CCCCCCCCCCCCCCCC(=O)OCC(COP(=O)(O)OCC[N+](C)(C)C)OC(=O)CCC1C(C)C2CC3NC(CC4NC(CC5NC6C(CC(O)C6C5C)C1N2)C(CC)C4C)C(C(C)OCCCCCCCC)C3C. The summed E-state index contributed by atoms with van der Waals surface area (Å²) in [5.74, 6) is 2.11. The summed E-state index contributed by atoms with van der Waals surface area (Å²) >= 11 is 0. The highest BCUT2D eigenvalue weighted by molar-refractivity contribution is 7.47. The lowest BCUT2D eigenvalue weighted by molar-refractivity contribution is -0.870. The van der Waals surface area contributed by atoms with Crippen molar-refractivity contribution in [3.05, 3.63) is 0 Å². The molecule has 21 atom stereocenters. The number of phosphoric ester groups is 1. The number of fused-ring (bicyclic) bond motifs is 8. The molecule has 16 heteroatoms. The van der Waals surface area contributed by atoms with Gasteiger partial charge in [-0.15, -0.1) is 0 Å². The number of hydrogen-bond acceptors (Lipinski definition) is 13. The summed E-state index contributed by atoms with van der Waals surface area (Å²) in [7, 11) is 1.38. The zero-order valence-electron chi connectivity index (χ0n) is 53.2. The molecule has 5 heterocycles. The summed E-state index contributed by atoms with van der Waals surface area (Å²) in [6.45, 7) is 19.5. The van der Waals surface area contributed by atoms with E-state index in [1.165, 1.54) is 96.3 Å². The Morgan fingerprint density at radius 2 is 1.11 bits per heavy atom. The smallest absolute Gasteiger partial charge is 0.462 e. The van der Waals surface area contributed by atoms with Gasteiger partial charge in [0.2, 0.25) is 0 Å². The number of quaternary nitrogens is 1. The lowest BCUT2D eigenvalue weighted by Crippen LogP contribution is -2.49. The van der Waals surface area contributed by atoms with Gasteiger partial charge in [-0.1, -0.05) is 164 Å². The van der Waals surface area contributed by atoms with E-state index >= 15 is 0 Å². The minimum absolute atomic E-state index is 0.000842. The van der Waals surface area contributed by atoms with E-state index in [0.29, 0.717) is 84.0 Å². The Morgan fingerprint density at radius 3 is 1.74 bits per heavy atom. The molecule has 5 aliphatic heterocycles. The van der Waals surface area contributed by atoms with Crippen LogP contribution in [0.2, 0.25) is 0 Å². The van der Waals surface area contributed by atoms with E-state index in [9.17, 15) is 24.2 Å². The first-order chi connectivity index (χ1) is 38.7.